The van der Waals surface area contributed by atoms with Crippen LogP contribution in [-0.4, -0.2) is 48.4 Å². The SMILES string of the molecule is CC(C)(C)OC(=O)NCCOc1ccc(NC(=O)C23CCC(C(=O)Nc4ccc(CNC(=O)OC(C)(C)C)cc4)(CC2)CC3)cc1. The van der Waals surface area contributed by atoms with E-state index in [1.54, 1.807) is 45.0 Å². The maximum absolute atomic E-state index is 13.4. The van der Waals surface area contributed by atoms with Gasteiger partial charge in [-0.1, -0.05) is 12.1 Å². The van der Waals surface area contributed by atoms with Gasteiger partial charge in [-0.15, -0.1) is 0 Å². The van der Waals surface area contributed by atoms with Gasteiger partial charge in [0, 0.05) is 28.7 Å². The zero-order valence-corrected chi connectivity index (χ0v) is 27.8. The van der Waals surface area contributed by atoms with Crippen LogP contribution in [0, 0.1) is 10.8 Å². The number of rotatable bonds is 10. The van der Waals surface area contributed by atoms with E-state index in [0.29, 0.717) is 68.7 Å². The van der Waals surface area contributed by atoms with Crippen molar-refractivity contribution in [2.75, 3.05) is 23.8 Å². The number of carbonyl (C=O) groups is 4. The Labute approximate surface area is 271 Å². The van der Waals surface area contributed by atoms with E-state index in [4.69, 9.17) is 14.2 Å². The van der Waals surface area contributed by atoms with Gasteiger partial charge in [0.2, 0.25) is 11.8 Å². The summed E-state index contributed by atoms with van der Waals surface area (Å²) >= 11 is 0. The van der Waals surface area contributed by atoms with Gasteiger partial charge in [-0.3, -0.25) is 9.59 Å². The normalized spacial score (nSPS) is 20.7. The second-order valence-electron chi connectivity index (χ2n) is 14.3. The Morgan fingerprint density at radius 2 is 1.04 bits per heavy atom. The summed E-state index contributed by atoms with van der Waals surface area (Å²) in [4.78, 5) is 50.5. The van der Waals surface area contributed by atoms with Gasteiger partial charge in [-0.05, 0) is 122 Å². The Morgan fingerprint density at radius 1 is 0.630 bits per heavy atom. The summed E-state index contributed by atoms with van der Waals surface area (Å²) in [5.41, 5.74) is 0.203. The van der Waals surface area contributed by atoms with E-state index >= 15 is 0 Å². The third-order valence-electron chi connectivity index (χ3n) is 8.41. The van der Waals surface area contributed by atoms with Crippen LogP contribution in [0.3, 0.4) is 0 Å². The van der Waals surface area contributed by atoms with Crippen LogP contribution in [0.2, 0.25) is 0 Å². The molecule has 0 heterocycles. The monoisotopic (exact) mass is 636 g/mol. The predicted octanol–water partition coefficient (Wildman–Crippen LogP) is 6.53. The van der Waals surface area contributed by atoms with Crippen molar-refractivity contribution in [1.29, 1.82) is 0 Å². The minimum atomic E-state index is -0.562. The number of anilines is 2. The molecule has 11 heteroatoms. The molecule has 0 atom stereocenters. The molecule has 0 aromatic heterocycles. The van der Waals surface area contributed by atoms with Crippen LogP contribution in [0.5, 0.6) is 5.75 Å². The van der Waals surface area contributed by atoms with Crippen molar-refractivity contribution in [3.05, 3.63) is 54.1 Å². The molecular formula is C35H48N4O7. The Morgan fingerprint density at radius 3 is 1.48 bits per heavy atom. The molecule has 0 saturated heterocycles. The molecule has 4 amide bonds. The fraction of sp³-hybridized carbons (Fsp3) is 0.543. The average molecular weight is 637 g/mol. The third-order valence-corrected chi connectivity index (χ3v) is 8.41. The van der Waals surface area contributed by atoms with Crippen LogP contribution >= 0.6 is 0 Å². The van der Waals surface area contributed by atoms with Crippen LogP contribution < -0.4 is 26.0 Å². The van der Waals surface area contributed by atoms with E-state index in [0.717, 1.165) is 5.56 Å². The highest BCUT2D eigenvalue weighted by Crippen LogP contribution is 2.57. The molecule has 2 aromatic carbocycles. The first-order valence-electron chi connectivity index (χ1n) is 16.0. The highest BCUT2D eigenvalue weighted by atomic mass is 16.6. The standard InChI is InChI=1S/C35H48N4O7/c1-32(2,3)45-30(42)36-21-22-44-27-13-11-26(12-14-27)39-29(41)35-18-15-34(16-19-35,17-20-35)28(40)38-25-9-7-24(8-10-25)23-37-31(43)46-33(4,5)6/h7-14H,15-23H2,1-6H3,(H,36,42)(H,37,43)(H,38,40)(H,39,41). The summed E-state index contributed by atoms with van der Waals surface area (Å²) in [6, 6.07) is 14.6. The molecule has 2 aromatic rings. The van der Waals surface area contributed by atoms with Gasteiger partial charge in [0.15, 0.2) is 0 Å². The summed E-state index contributed by atoms with van der Waals surface area (Å²) in [6.45, 7) is 11.8. The molecule has 2 bridgehead atoms. The number of benzene rings is 2. The van der Waals surface area contributed by atoms with Gasteiger partial charge in [0.05, 0.1) is 6.54 Å². The van der Waals surface area contributed by atoms with Gasteiger partial charge in [0.25, 0.3) is 0 Å². The van der Waals surface area contributed by atoms with Crippen molar-refractivity contribution in [1.82, 2.24) is 10.6 Å². The smallest absolute Gasteiger partial charge is 0.407 e. The van der Waals surface area contributed by atoms with Crippen molar-refractivity contribution in [3.63, 3.8) is 0 Å². The Balaban J connectivity index is 1.21. The van der Waals surface area contributed by atoms with Gasteiger partial charge in [0.1, 0.15) is 23.6 Å². The third kappa shape index (κ3) is 9.61. The first-order chi connectivity index (χ1) is 21.6. The van der Waals surface area contributed by atoms with Crippen LogP contribution in [-0.2, 0) is 25.6 Å². The van der Waals surface area contributed by atoms with Gasteiger partial charge < -0.3 is 35.5 Å². The molecule has 3 fully saturated rings. The van der Waals surface area contributed by atoms with Gasteiger partial charge in [-0.25, -0.2) is 9.59 Å². The van der Waals surface area contributed by atoms with Crippen molar-refractivity contribution in [3.8, 4) is 5.75 Å². The molecule has 0 spiro atoms. The van der Waals surface area contributed by atoms with E-state index in [1.165, 1.54) is 0 Å². The number of amides is 4. The van der Waals surface area contributed by atoms with E-state index in [2.05, 4.69) is 21.3 Å². The largest absolute Gasteiger partial charge is 0.492 e. The van der Waals surface area contributed by atoms with E-state index in [1.807, 2.05) is 45.0 Å². The molecule has 3 saturated carbocycles. The maximum atomic E-state index is 13.4. The number of fused-ring (bicyclic) bond motifs is 3. The number of alkyl carbamates (subject to hydrolysis) is 2. The number of ether oxygens (including phenoxy) is 3. The molecule has 0 radical (unpaired) electrons. The summed E-state index contributed by atoms with van der Waals surface area (Å²) in [7, 11) is 0. The zero-order valence-electron chi connectivity index (χ0n) is 27.8. The van der Waals surface area contributed by atoms with Crippen molar-refractivity contribution in [2.45, 2.75) is 97.8 Å². The number of hydrogen-bond donors (Lipinski definition) is 4. The fourth-order valence-corrected chi connectivity index (χ4v) is 5.86. The van der Waals surface area contributed by atoms with E-state index < -0.39 is 34.2 Å². The Bertz CT molecular complexity index is 1370. The second kappa shape index (κ2) is 14.0. The number of carbonyl (C=O) groups excluding carboxylic acids is 4. The average Bonchev–Trinajstić information content (AvgIpc) is 2.99. The quantitative estimate of drug-likeness (QED) is 0.217. The molecule has 4 N–H and O–H groups in total. The maximum Gasteiger partial charge on any atom is 0.407 e. The van der Waals surface area contributed by atoms with Crippen molar-refractivity contribution < 1.29 is 33.4 Å². The van der Waals surface area contributed by atoms with Crippen LogP contribution in [0.4, 0.5) is 21.0 Å². The lowest BCUT2D eigenvalue weighted by molar-refractivity contribution is -0.144. The zero-order chi connectivity index (χ0) is 33.6. The number of hydrogen-bond acceptors (Lipinski definition) is 7. The molecule has 0 aliphatic heterocycles. The summed E-state index contributed by atoms with van der Waals surface area (Å²) in [5.74, 6) is 0.616. The van der Waals surface area contributed by atoms with Crippen LogP contribution in [0.25, 0.3) is 0 Å². The van der Waals surface area contributed by atoms with Crippen LogP contribution in [0.15, 0.2) is 48.5 Å². The second-order valence-corrected chi connectivity index (χ2v) is 14.3. The molecule has 0 unspecified atom stereocenters. The lowest BCUT2D eigenvalue weighted by Crippen LogP contribution is -2.52. The molecule has 46 heavy (non-hydrogen) atoms. The van der Waals surface area contributed by atoms with E-state index in [-0.39, 0.29) is 18.4 Å². The lowest BCUT2D eigenvalue weighted by Gasteiger charge is -2.51. The first kappa shape index (κ1) is 34.6. The molecule has 250 valence electrons. The highest BCUT2D eigenvalue weighted by molar-refractivity contribution is 5.98. The van der Waals surface area contributed by atoms with Gasteiger partial charge >= 0.3 is 12.2 Å². The Hall–Kier alpha value is -4.28. The number of nitrogens with one attached hydrogen (secondary N) is 4. The molecule has 3 aliphatic carbocycles. The summed E-state index contributed by atoms with van der Waals surface area (Å²) in [5, 5.41) is 11.5. The Kier molecular flexibility index (Phi) is 10.5. The molecular weight excluding hydrogens is 588 g/mol. The van der Waals surface area contributed by atoms with Crippen molar-refractivity contribution in [2.24, 2.45) is 10.8 Å². The highest BCUT2D eigenvalue weighted by Gasteiger charge is 2.55. The molecule has 5 rings (SSSR count). The van der Waals surface area contributed by atoms with Gasteiger partial charge in [-0.2, -0.15) is 0 Å². The molecule has 11 nitrogen and oxygen atoms in total. The minimum absolute atomic E-state index is 0.00211. The summed E-state index contributed by atoms with van der Waals surface area (Å²) < 4.78 is 16.2. The fourth-order valence-electron chi connectivity index (χ4n) is 5.86. The van der Waals surface area contributed by atoms with E-state index in [9.17, 15) is 19.2 Å². The topological polar surface area (TPSA) is 144 Å². The lowest BCUT2D eigenvalue weighted by atomic mass is 9.53. The van der Waals surface area contributed by atoms with Crippen LogP contribution in [0.1, 0.15) is 85.6 Å². The predicted molar refractivity (Wildman–Crippen MR) is 176 cm³/mol. The van der Waals surface area contributed by atoms with Crippen molar-refractivity contribution >= 4 is 35.4 Å². The minimum Gasteiger partial charge on any atom is -0.492 e. The summed E-state index contributed by atoms with van der Waals surface area (Å²) in [6.07, 6.45) is 2.99. The molecule has 3 aliphatic rings. The first-order valence-corrected chi connectivity index (χ1v) is 16.0.